The van der Waals surface area contributed by atoms with Crippen LogP contribution in [0.4, 0.5) is 0 Å². The van der Waals surface area contributed by atoms with E-state index in [9.17, 15) is 21.0 Å². The van der Waals surface area contributed by atoms with Crippen molar-refractivity contribution >= 4 is 34.0 Å². The molecule has 0 radical (unpaired) electrons. The molecule has 2 aromatic carbocycles. The van der Waals surface area contributed by atoms with E-state index in [2.05, 4.69) is 124 Å². The van der Waals surface area contributed by atoms with Gasteiger partial charge in [-0.25, -0.2) is 0 Å². The molecule has 0 N–H and O–H groups in total. The van der Waals surface area contributed by atoms with Crippen molar-refractivity contribution in [3.8, 4) is 24.3 Å². The Morgan fingerprint density at radius 1 is 0.652 bits per heavy atom. The molecular formula is C41H39N5. The van der Waals surface area contributed by atoms with Gasteiger partial charge in [0.25, 0.3) is 0 Å². The largest absolute Gasteiger partial charge is 0.340 e. The van der Waals surface area contributed by atoms with Gasteiger partial charge in [-0.3, -0.25) is 0 Å². The molecule has 46 heavy (non-hydrogen) atoms. The Morgan fingerprint density at radius 2 is 1.07 bits per heavy atom. The molecule has 0 fully saturated rings. The molecule has 0 saturated heterocycles. The van der Waals surface area contributed by atoms with E-state index in [0.29, 0.717) is 12.8 Å². The zero-order chi connectivity index (χ0) is 33.1. The van der Waals surface area contributed by atoms with Gasteiger partial charge < -0.3 is 4.57 Å². The van der Waals surface area contributed by atoms with Gasteiger partial charge in [-0.2, -0.15) is 21.0 Å². The van der Waals surface area contributed by atoms with Gasteiger partial charge in [0.1, 0.15) is 35.4 Å². The lowest BCUT2D eigenvalue weighted by atomic mass is 9.74. The molecule has 5 rings (SSSR count). The van der Waals surface area contributed by atoms with E-state index in [1.165, 1.54) is 21.8 Å². The van der Waals surface area contributed by atoms with Crippen molar-refractivity contribution < 1.29 is 0 Å². The average molecular weight is 602 g/mol. The quantitative estimate of drug-likeness (QED) is 0.262. The lowest BCUT2D eigenvalue weighted by Gasteiger charge is -2.30. The summed E-state index contributed by atoms with van der Waals surface area (Å²) in [7, 11) is 0. The van der Waals surface area contributed by atoms with Gasteiger partial charge in [0, 0.05) is 28.4 Å². The zero-order valence-electron chi connectivity index (χ0n) is 27.4. The molecule has 228 valence electrons. The SMILES string of the molecule is CCCn1c2ccc(C=CC3=CC(=C(C#N)C#N)CC(C)(C)C3)cc2c2cc(C=CC3=CC(=C(C#N)C#N)CC(C)(C)C3)ccc21. The highest BCUT2D eigenvalue weighted by molar-refractivity contribution is 6.09. The third kappa shape index (κ3) is 6.81. The van der Waals surface area contributed by atoms with Gasteiger partial charge in [0.2, 0.25) is 0 Å². The van der Waals surface area contributed by atoms with Crippen LogP contribution < -0.4 is 0 Å². The Kier molecular flexibility index (Phi) is 9.01. The number of nitrogens with zero attached hydrogens (tertiary/aromatic N) is 5. The Morgan fingerprint density at radius 3 is 1.43 bits per heavy atom. The Balaban J connectivity index is 1.54. The number of aryl methyl sites for hydroxylation is 1. The molecule has 3 aromatic rings. The second-order valence-corrected chi connectivity index (χ2v) is 14.1. The number of fused-ring (bicyclic) bond motifs is 3. The molecule has 0 unspecified atom stereocenters. The molecule has 0 amide bonds. The van der Waals surface area contributed by atoms with Crippen LogP contribution in [-0.2, 0) is 6.54 Å². The number of nitriles is 4. The summed E-state index contributed by atoms with van der Waals surface area (Å²) >= 11 is 0. The van der Waals surface area contributed by atoms with Crippen LogP contribution in [0.15, 0.2) is 94.1 Å². The molecule has 5 nitrogen and oxygen atoms in total. The molecule has 0 saturated carbocycles. The number of rotatable bonds is 6. The lowest BCUT2D eigenvalue weighted by molar-refractivity contribution is 0.354. The molecule has 5 heteroatoms. The number of hydrogen-bond donors (Lipinski definition) is 0. The maximum absolute atomic E-state index is 9.45. The van der Waals surface area contributed by atoms with Gasteiger partial charge >= 0.3 is 0 Å². The van der Waals surface area contributed by atoms with Crippen LogP contribution in [0.5, 0.6) is 0 Å². The standard InChI is InChI=1S/C41H39N5/c1-6-15-46-38-13-11-28(7-9-30-16-32(34(24-42)25-43)22-40(2,3)20-30)18-36(38)37-19-29(12-14-39(37)46)8-10-31-17-33(35(26-44)27-45)23-41(4,5)21-31/h7-14,16-19H,6,15,20-23H2,1-5H3. The summed E-state index contributed by atoms with van der Waals surface area (Å²) in [5.41, 5.74) is 8.80. The van der Waals surface area contributed by atoms with E-state index in [1.807, 2.05) is 12.2 Å². The Hall–Kier alpha value is -5.36. The summed E-state index contributed by atoms with van der Waals surface area (Å²) in [5.74, 6) is 0. The number of benzene rings is 2. The third-order valence-electron chi connectivity index (χ3n) is 8.85. The molecule has 1 aromatic heterocycles. The first kappa shape index (κ1) is 32.0. The molecule has 1 heterocycles. The summed E-state index contributed by atoms with van der Waals surface area (Å²) in [5, 5.41) is 40.2. The number of allylic oxidation sites excluding steroid dienone is 10. The van der Waals surface area contributed by atoms with E-state index >= 15 is 0 Å². The second kappa shape index (κ2) is 12.9. The van der Waals surface area contributed by atoms with Crippen molar-refractivity contribution in [1.29, 1.82) is 21.0 Å². The summed E-state index contributed by atoms with van der Waals surface area (Å²) in [6.45, 7) is 11.8. The van der Waals surface area contributed by atoms with E-state index < -0.39 is 0 Å². The van der Waals surface area contributed by atoms with Gasteiger partial charge in [-0.15, -0.1) is 0 Å². The minimum Gasteiger partial charge on any atom is -0.340 e. The first-order valence-electron chi connectivity index (χ1n) is 15.9. The summed E-state index contributed by atoms with van der Waals surface area (Å²) in [6, 6.07) is 21.5. The van der Waals surface area contributed by atoms with Crippen LogP contribution in [0, 0.1) is 56.2 Å². The fraction of sp³-hybridized carbons (Fsp3) is 0.317. The first-order valence-corrected chi connectivity index (χ1v) is 15.9. The lowest BCUT2D eigenvalue weighted by Crippen LogP contribution is -2.17. The van der Waals surface area contributed by atoms with E-state index in [-0.39, 0.29) is 22.0 Å². The number of aromatic nitrogens is 1. The van der Waals surface area contributed by atoms with Crippen molar-refractivity contribution in [2.75, 3.05) is 0 Å². The van der Waals surface area contributed by atoms with Crippen LogP contribution in [-0.4, -0.2) is 4.57 Å². The molecule has 2 aliphatic rings. The minimum absolute atomic E-state index is 0.0286. The third-order valence-corrected chi connectivity index (χ3v) is 8.85. The zero-order valence-corrected chi connectivity index (χ0v) is 27.4. The molecule has 0 bridgehead atoms. The average Bonchev–Trinajstić information content (AvgIpc) is 3.31. The van der Waals surface area contributed by atoms with Crippen molar-refractivity contribution in [1.82, 2.24) is 4.57 Å². The van der Waals surface area contributed by atoms with Crippen LogP contribution in [0.2, 0.25) is 0 Å². The van der Waals surface area contributed by atoms with E-state index in [4.69, 9.17) is 0 Å². The topological polar surface area (TPSA) is 100 Å². The van der Waals surface area contributed by atoms with E-state index in [0.717, 1.165) is 59.2 Å². The smallest absolute Gasteiger partial charge is 0.132 e. The highest BCUT2D eigenvalue weighted by Gasteiger charge is 2.27. The summed E-state index contributed by atoms with van der Waals surface area (Å²) in [4.78, 5) is 0. The Labute approximate surface area is 272 Å². The first-order chi connectivity index (χ1) is 22.0. The predicted octanol–water partition coefficient (Wildman–Crippen LogP) is 10.4. The maximum atomic E-state index is 9.45. The Bertz CT molecular complexity index is 1910. The second-order valence-electron chi connectivity index (χ2n) is 14.1. The van der Waals surface area contributed by atoms with Gasteiger partial charge in [0.05, 0.1) is 0 Å². The van der Waals surface area contributed by atoms with Crippen molar-refractivity contribution in [2.24, 2.45) is 10.8 Å². The normalized spacial score (nSPS) is 17.3. The van der Waals surface area contributed by atoms with Crippen LogP contribution in [0.3, 0.4) is 0 Å². The van der Waals surface area contributed by atoms with Crippen LogP contribution in [0.25, 0.3) is 34.0 Å². The number of hydrogen-bond acceptors (Lipinski definition) is 4. The molecule has 0 spiro atoms. The molecule has 2 aliphatic carbocycles. The molecule has 0 aliphatic heterocycles. The fourth-order valence-corrected chi connectivity index (χ4v) is 7.00. The van der Waals surface area contributed by atoms with Gasteiger partial charge in [-0.05, 0) is 101 Å². The fourth-order valence-electron chi connectivity index (χ4n) is 7.00. The van der Waals surface area contributed by atoms with Crippen molar-refractivity contribution in [3.63, 3.8) is 0 Å². The monoisotopic (exact) mass is 601 g/mol. The molecular weight excluding hydrogens is 562 g/mol. The summed E-state index contributed by atoms with van der Waals surface area (Å²) < 4.78 is 2.40. The van der Waals surface area contributed by atoms with Crippen LogP contribution in [0.1, 0.15) is 77.8 Å². The minimum atomic E-state index is -0.0286. The van der Waals surface area contributed by atoms with Crippen LogP contribution >= 0.6 is 0 Å². The summed E-state index contributed by atoms with van der Waals surface area (Å²) in [6.07, 6.45) is 16.8. The highest BCUT2D eigenvalue weighted by atomic mass is 15.0. The van der Waals surface area contributed by atoms with Gasteiger partial charge in [0.15, 0.2) is 0 Å². The van der Waals surface area contributed by atoms with Crippen molar-refractivity contribution in [3.05, 3.63) is 105 Å². The van der Waals surface area contributed by atoms with Crippen molar-refractivity contribution in [2.45, 2.75) is 73.3 Å². The van der Waals surface area contributed by atoms with E-state index in [1.54, 1.807) is 0 Å². The molecule has 0 atom stereocenters. The highest BCUT2D eigenvalue weighted by Crippen LogP contribution is 2.41. The maximum Gasteiger partial charge on any atom is 0.132 e. The predicted molar refractivity (Wildman–Crippen MR) is 187 cm³/mol. The van der Waals surface area contributed by atoms with Gasteiger partial charge in [-0.1, -0.05) is 83.2 Å².